The summed E-state index contributed by atoms with van der Waals surface area (Å²) in [5.41, 5.74) is 0. The van der Waals surface area contributed by atoms with Crippen LogP contribution in [0.15, 0.2) is 0 Å². The van der Waals surface area contributed by atoms with Gasteiger partial charge in [-0.2, -0.15) is 9.36 Å². The van der Waals surface area contributed by atoms with Crippen molar-refractivity contribution in [1.82, 2.24) is 9.36 Å². The molecule has 0 radical (unpaired) electrons. The van der Waals surface area contributed by atoms with E-state index < -0.39 is 16.0 Å². The van der Waals surface area contributed by atoms with E-state index >= 15 is 0 Å². The molecule has 0 bridgehead atoms. The second-order valence-electron chi connectivity index (χ2n) is 3.19. The van der Waals surface area contributed by atoms with Gasteiger partial charge in [-0.05, 0) is 6.42 Å². The van der Waals surface area contributed by atoms with Crippen LogP contribution in [-0.2, 0) is 14.8 Å². The van der Waals surface area contributed by atoms with E-state index in [0.717, 1.165) is 18.0 Å². The second kappa shape index (κ2) is 5.92. The van der Waals surface area contributed by atoms with E-state index in [4.69, 9.17) is 0 Å². The predicted molar refractivity (Wildman–Crippen MR) is 63.6 cm³/mol. The highest BCUT2D eigenvalue weighted by atomic mass is 32.2. The quantitative estimate of drug-likeness (QED) is 0.776. The Balaban J connectivity index is 2.69. The summed E-state index contributed by atoms with van der Waals surface area (Å²) < 4.78 is 33.4. The third kappa shape index (κ3) is 4.27. The molecule has 0 aliphatic heterocycles. The number of hydrogen-bond donors (Lipinski definition) is 1. The van der Waals surface area contributed by atoms with Crippen LogP contribution in [0.2, 0.25) is 0 Å². The van der Waals surface area contributed by atoms with E-state index in [1.54, 1.807) is 0 Å². The first-order valence-corrected chi connectivity index (χ1v) is 7.33. The van der Waals surface area contributed by atoms with Crippen molar-refractivity contribution in [2.75, 3.05) is 17.6 Å². The zero-order chi connectivity index (χ0) is 12.9. The number of carbonyl (C=O) groups is 1. The van der Waals surface area contributed by atoms with Crippen LogP contribution in [-0.4, -0.2) is 36.6 Å². The minimum Gasteiger partial charge on any atom is -0.463 e. The molecule has 1 aromatic heterocycles. The highest BCUT2D eigenvalue weighted by molar-refractivity contribution is 7.92. The van der Waals surface area contributed by atoms with Crippen LogP contribution in [0.25, 0.3) is 0 Å². The lowest BCUT2D eigenvalue weighted by molar-refractivity contribution is 0.0588. The summed E-state index contributed by atoms with van der Waals surface area (Å²) >= 11 is 0.801. The average Bonchev–Trinajstić information content (AvgIpc) is 2.73. The number of hydrogen-bond acceptors (Lipinski definition) is 7. The molecule has 0 aliphatic rings. The number of sulfonamides is 1. The first-order chi connectivity index (χ1) is 7.98. The van der Waals surface area contributed by atoms with Gasteiger partial charge in [0.05, 0.1) is 12.9 Å². The Morgan fingerprint density at radius 3 is 2.82 bits per heavy atom. The van der Waals surface area contributed by atoms with Crippen molar-refractivity contribution in [3.63, 3.8) is 0 Å². The number of methoxy groups -OCH3 is 1. The molecule has 1 aromatic rings. The number of rotatable bonds is 6. The third-order valence-electron chi connectivity index (χ3n) is 1.80. The van der Waals surface area contributed by atoms with Crippen molar-refractivity contribution < 1.29 is 17.9 Å². The number of aromatic nitrogens is 2. The Bertz CT molecular complexity index is 483. The van der Waals surface area contributed by atoms with Crippen molar-refractivity contribution in [3.8, 4) is 0 Å². The fraction of sp³-hybridized carbons (Fsp3) is 0.625. The van der Waals surface area contributed by atoms with Gasteiger partial charge < -0.3 is 4.74 Å². The summed E-state index contributed by atoms with van der Waals surface area (Å²) in [4.78, 5) is 14.8. The van der Waals surface area contributed by atoms with Crippen LogP contribution < -0.4 is 4.72 Å². The zero-order valence-electron chi connectivity index (χ0n) is 9.47. The van der Waals surface area contributed by atoms with Gasteiger partial charge in [-0.1, -0.05) is 13.3 Å². The lowest BCUT2D eigenvalue weighted by Gasteiger charge is -2.02. The van der Waals surface area contributed by atoms with Gasteiger partial charge in [0.25, 0.3) is 5.82 Å². The van der Waals surface area contributed by atoms with E-state index in [1.165, 1.54) is 7.11 Å². The third-order valence-corrected chi connectivity index (χ3v) is 3.89. The topological polar surface area (TPSA) is 98.2 Å². The molecule has 0 spiro atoms. The summed E-state index contributed by atoms with van der Waals surface area (Å²) in [6.45, 7) is 1.90. The molecule has 1 N–H and O–H groups in total. The van der Waals surface area contributed by atoms with Gasteiger partial charge in [0, 0.05) is 11.5 Å². The first kappa shape index (κ1) is 13.8. The molecular weight excluding hydrogens is 266 g/mol. The SMILES string of the molecule is CCCCS(=O)(=O)Nc1nc(C(=O)OC)ns1. The van der Waals surface area contributed by atoms with Crippen molar-refractivity contribution in [2.24, 2.45) is 0 Å². The maximum atomic E-state index is 11.5. The Kier molecular flexibility index (Phi) is 4.82. The first-order valence-electron chi connectivity index (χ1n) is 4.91. The molecule has 7 nitrogen and oxygen atoms in total. The van der Waals surface area contributed by atoms with Crippen molar-refractivity contribution in [1.29, 1.82) is 0 Å². The lowest BCUT2D eigenvalue weighted by atomic mass is 10.4. The minimum atomic E-state index is -3.41. The van der Waals surface area contributed by atoms with E-state index in [-0.39, 0.29) is 16.7 Å². The van der Waals surface area contributed by atoms with Crippen LogP contribution in [0.5, 0.6) is 0 Å². The molecule has 1 rings (SSSR count). The number of nitrogens with one attached hydrogen (secondary N) is 1. The Labute approximate surface area is 103 Å². The molecule has 0 fully saturated rings. The normalized spacial score (nSPS) is 11.2. The van der Waals surface area contributed by atoms with E-state index in [0.29, 0.717) is 6.42 Å². The number of unbranched alkanes of at least 4 members (excludes halogenated alkanes) is 1. The van der Waals surface area contributed by atoms with Gasteiger partial charge in [0.2, 0.25) is 15.2 Å². The fourth-order valence-corrected chi connectivity index (χ4v) is 2.99. The molecule has 0 saturated heterocycles. The monoisotopic (exact) mass is 279 g/mol. The summed E-state index contributed by atoms with van der Waals surface area (Å²) in [5, 5.41) is 0.0708. The van der Waals surface area contributed by atoms with Gasteiger partial charge in [-0.25, -0.2) is 13.2 Å². The molecule has 1 heterocycles. The summed E-state index contributed by atoms with van der Waals surface area (Å²) in [7, 11) is -2.21. The molecule has 0 aliphatic carbocycles. The van der Waals surface area contributed by atoms with Crippen LogP contribution in [0.3, 0.4) is 0 Å². The molecule has 0 amide bonds. The highest BCUT2D eigenvalue weighted by Gasteiger charge is 2.16. The van der Waals surface area contributed by atoms with Gasteiger partial charge in [0.15, 0.2) is 0 Å². The maximum absolute atomic E-state index is 11.5. The minimum absolute atomic E-state index is 0.0244. The Morgan fingerprint density at radius 2 is 2.24 bits per heavy atom. The molecule has 0 aromatic carbocycles. The lowest BCUT2D eigenvalue weighted by Crippen LogP contribution is -2.16. The number of nitrogens with zero attached hydrogens (tertiary/aromatic N) is 2. The molecule has 9 heteroatoms. The van der Waals surface area contributed by atoms with Gasteiger partial charge in [-0.15, -0.1) is 0 Å². The second-order valence-corrected chi connectivity index (χ2v) is 5.78. The van der Waals surface area contributed by atoms with Crippen LogP contribution in [0, 0.1) is 0 Å². The molecule has 0 unspecified atom stereocenters. The van der Waals surface area contributed by atoms with Gasteiger partial charge in [-0.3, -0.25) is 4.72 Å². The van der Waals surface area contributed by atoms with Crippen LogP contribution in [0.1, 0.15) is 30.4 Å². The molecule has 17 heavy (non-hydrogen) atoms. The average molecular weight is 279 g/mol. The fourth-order valence-electron chi connectivity index (χ4n) is 0.958. The van der Waals surface area contributed by atoms with Gasteiger partial charge >= 0.3 is 5.97 Å². The summed E-state index contributed by atoms with van der Waals surface area (Å²) in [6.07, 6.45) is 1.35. The standard InChI is InChI=1S/C8H13N3O4S2/c1-3-4-5-17(13,14)11-8-9-6(10-16-8)7(12)15-2/h3-5H2,1-2H3,(H,9,10,11). The van der Waals surface area contributed by atoms with E-state index in [2.05, 4.69) is 18.8 Å². The highest BCUT2D eigenvalue weighted by Crippen LogP contribution is 2.14. The smallest absolute Gasteiger partial charge is 0.377 e. The maximum Gasteiger partial charge on any atom is 0.377 e. The number of carbonyl (C=O) groups excluding carboxylic acids is 1. The number of esters is 1. The van der Waals surface area contributed by atoms with Crippen molar-refractivity contribution in [3.05, 3.63) is 5.82 Å². The summed E-state index contributed by atoms with van der Waals surface area (Å²) in [6, 6.07) is 0. The van der Waals surface area contributed by atoms with Crippen LogP contribution >= 0.6 is 11.5 Å². The van der Waals surface area contributed by atoms with Gasteiger partial charge in [0.1, 0.15) is 0 Å². The molecule has 96 valence electrons. The van der Waals surface area contributed by atoms with E-state index in [9.17, 15) is 13.2 Å². The Hall–Kier alpha value is -1.22. The summed E-state index contributed by atoms with van der Waals surface area (Å²) in [5.74, 6) is -0.817. The molecular formula is C8H13N3O4S2. The number of anilines is 1. The van der Waals surface area contributed by atoms with Crippen molar-refractivity contribution in [2.45, 2.75) is 19.8 Å². The molecule has 0 atom stereocenters. The van der Waals surface area contributed by atoms with E-state index in [1.807, 2.05) is 6.92 Å². The predicted octanol–water partition coefficient (Wildman–Crippen LogP) is 0.867. The zero-order valence-corrected chi connectivity index (χ0v) is 11.1. The Morgan fingerprint density at radius 1 is 1.53 bits per heavy atom. The number of ether oxygens (including phenoxy) is 1. The van der Waals surface area contributed by atoms with Crippen LogP contribution in [0.4, 0.5) is 5.13 Å². The van der Waals surface area contributed by atoms with Crippen molar-refractivity contribution >= 4 is 32.7 Å². The largest absolute Gasteiger partial charge is 0.463 e. The molecule has 0 saturated carbocycles.